The molecule has 13 heavy (non-hydrogen) atoms. The van der Waals surface area contributed by atoms with Crippen molar-refractivity contribution in [2.75, 3.05) is 26.0 Å². The lowest BCUT2D eigenvalue weighted by atomic mass is 10.3. The van der Waals surface area contributed by atoms with Crippen molar-refractivity contribution in [1.82, 2.24) is 10.3 Å². The van der Waals surface area contributed by atoms with E-state index in [0.29, 0.717) is 13.2 Å². The molecule has 0 saturated carbocycles. The standard InChI is InChI=1S/C9H15N3O/c1-13-6-5-11-7-9-8(10)3-2-4-12-9/h2-4,11H,5-7,10H2,1H3. The number of nitrogen functional groups attached to an aromatic ring is 1. The van der Waals surface area contributed by atoms with E-state index in [2.05, 4.69) is 10.3 Å². The molecule has 1 aromatic heterocycles. The van der Waals surface area contributed by atoms with Crippen molar-refractivity contribution in [3.05, 3.63) is 24.0 Å². The van der Waals surface area contributed by atoms with Gasteiger partial charge in [-0.2, -0.15) is 0 Å². The summed E-state index contributed by atoms with van der Waals surface area (Å²) in [6, 6.07) is 3.67. The Hall–Kier alpha value is -1.13. The van der Waals surface area contributed by atoms with Gasteiger partial charge < -0.3 is 15.8 Å². The lowest BCUT2D eigenvalue weighted by Crippen LogP contribution is -2.19. The molecule has 0 aliphatic carbocycles. The molecule has 0 radical (unpaired) electrons. The van der Waals surface area contributed by atoms with Crippen LogP contribution in [0.3, 0.4) is 0 Å². The van der Waals surface area contributed by atoms with Gasteiger partial charge in [-0.25, -0.2) is 0 Å². The topological polar surface area (TPSA) is 60.2 Å². The van der Waals surface area contributed by atoms with Gasteiger partial charge in [0, 0.05) is 26.4 Å². The van der Waals surface area contributed by atoms with E-state index in [0.717, 1.165) is 17.9 Å². The van der Waals surface area contributed by atoms with Crippen LogP contribution < -0.4 is 11.1 Å². The Kier molecular flexibility index (Phi) is 4.21. The summed E-state index contributed by atoms with van der Waals surface area (Å²) in [4.78, 5) is 4.15. The van der Waals surface area contributed by atoms with Gasteiger partial charge in [0.1, 0.15) is 0 Å². The van der Waals surface area contributed by atoms with Crippen molar-refractivity contribution < 1.29 is 4.74 Å². The Morgan fingerprint density at radius 3 is 3.15 bits per heavy atom. The first-order valence-corrected chi connectivity index (χ1v) is 4.23. The summed E-state index contributed by atoms with van der Waals surface area (Å²) >= 11 is 0. The van der Waals surface area contributed by atoms with Crippen LogP contribution in [0.2, 0.25) is 0 Å². The number of hydrogen-bond acceptors (Lipinski definition) is 4. The maximum Gasteiger partial charge on any atom is 0.0770 e. The molecule has 0 saturated heterocycles. The van der Waals surface area contributed by atoms with Gasteiger partial charge in [0.05, 0.1) is 18.0 Å². The molecule has 1 aromatic rings. The number of nitrogens with zero attached hydrogens (tertiary/aromatic N) is 1. The van der Waals surface area contributed by atoms with Crippen LogP contribution >= 0.6 is 0 Å². The first kappa shape index (κ1) is 9.95. The first-order chi connectivity index (χ1) is 6.34. The molecule has 0 amide bonds. The van der Waals surface area contributed by atoms with Gasteiger partial charge in [-0.3, -0.25) is 4.98 Å². The van der Waals surface area contributed by atoms with Gasteiger partial charge in [-0.05, 0) is 12.1 Å². The largest absolute Gasteiger partial charge is 0.397 e. The first-order valence-electron chi connectivity index (χ1n) is 4.23. The summed E-state index contributed by atoms with van der Waals surface area (Å²) in [6.45, 7) is 2.20. The average molecular weight is 181 g/mol. The van der Waals surface area contributed by atoms with E-state index in [9.17, 15) is 0 Å². The highest BCUT2D eigenvalue weighted by Crippen LogP contribution is 2.05. The van der Waals surface area contributed by atoms with Crippen LogP contribution in [0, 0.1) is 0 Å². The minimum Gasteiger partial charge on any atom is -0.397 e. The van der Waals surface area contributed by atoms with Crippen molar-refractivity contribution in [3.8, 4) is 0 Å². The quantitative estimate of drug-likeness (QED) is 0.645. The van der Waals surface area contributed by atoms with Crippen LogP contribution in [-0.4, -0.2) is 25.2 Å². The number of anilines is 1. The summed E-state index contributed by atoms with van der Waals surface area (Å²) in [7, 11) is 1.68. The number of nitrogens with one attached hydrogen (secondary N) is 1. The zero-order valence-corrected chi connectivity index (χ0v) is 7.79. The zero-order chi connectivity index (χ0) is 9.52. The molecule has 72 valence electrons. The fourth-order valence-corrected chi connectivity index (χ4v) is 0.979. The van der Waals surface area contributed by atoms with Crippen LogP contribution in [0.15, 0.2) is 18.3 Å². The molecule has 4 nitrogen and oxygen atoms in total. The highest BCUT2D eigenvalue weighted by molar-refractivity contribution is 5.41. The number of rotatable bonds is 5. The zero-order valence-electron chi connectivity index (χ0n) is 7.79. The van der Waals surface area contributed by atoms with Gasteiger partial charge in [0.15, 0.2) is 0 Å². The van der Waals surface area contributed by atoms with Crippen molar-refractivity contribution in [1.29, 1.82) is 0 Å². The molecule has 0 unspecified atom stereocenters. The van der Waals surface area contributed by atoms with E-state index in [-0.39, 0.29) is 0 Å². The number of ether oxygens (including phenoxy) is 1. The number of pyridine rings is 1. The Bertz CT molecular complexity index is 252. The van der Waals surface area contributed by atoms with E-state index in [1.54, 1.807) is 13.3 Å². The van der Waals surface area contributed by atoms with Gasteiger partial charge in [-0.1, -0.05) is 0 Å². The molecule has 3 N–H and O–H groups in total. The summed E-state index contributed by atoms with van der Waals surface area (Å²) in [6.07, 6.45) is 1.74. The molecule has 0 spiro atoms. The summed E-state index contributed by atoms with van der Waals surface area (Å²) in [5, 5.41) is 3.18. The maximum absolute atomic E-state index is 5.70. The Labute approximate surface area is 78.1 Å². The van der Waals surface area contributed by atoms with Crippen molar-refractivity contribution in [2.24, 2.45) is 0 Å². The molecular weight excluding hydrogens is 166 g/mol. The van der Waals surface area contributed by atoms with Gasteiger partial charge in [-0.15, -0.1) is 0 Å². The van der Waals surface area contributed by atoms with E-state index in [1.165, 1.54) is 0 Å². The number of aromatic nitrogens is 1. The van der Waals surface area contributed by atoms with E-state index < -0.39 is 0 Å². The van der Waals surface area contributed by atoms with Crippen molar-refractivity contribution in [3.63, 3.8) is 0 Å². The second-order valence-electron chi connectivity index (χ2n) is 2.71. The average Bonchev–Trinajstić information content (AvgIpc) is 2.15. The monoisotopic (exact) mass is 181 g/mol. The molecule has 4 heteroatoms. The van der Waals surface area contributed by atoms with Gasteiger partial charge in [0.25, 0.3) is 0 Å². The molecule has 0 atom stereocenters. The molecule has 0 aromatic carbocycles. The number of hydrogen-bond donors (Lipinski definition) is 2. The Morgan fingerprint density at radius 1 is 1.62 bits per heavy atom. The van der Waals surface area contributed by atoms with Crippen molar-refractivity contribution >= 4 is 5.69 Å². The SMILES string of the molecule is COCCNCc1ncccc1N. The fourth-order valence-electron chi connectivity index (χ4n) is 0.979. The lowest BCUT2D eigenvalue weighted by Gasteiger charge is -2.05. The molecule has 0 aliphatic rings. The summed E-state index contributed by atoms with van der Waals surface area (Å²) in [5.41, 5.74) is 7.32. The summed E-state index contributed by atoms with van der Waals surface area (Å²) < 4.78 is 4.90. The fraction of sp³-hybridized carbons (Fsp3) is 0.444. The number of methoxy groups -OCH3 is 1. The van der Waals surface area contributed by atoms with Crippen LogP contribution in [0.5, 0.6) is 0 Å². The molecule has 0 fully saturated rings. The molecular formula is C9H15N3O. The second-order valence-corrected chi connectivity index (χ2v) is 2.71. The predicted molar refractivity (Wildman–Crippen MR) is 52.2 cm³/mol. The summed E-state index contributed by atoms with van der Waals surface area (Å²) in [5.74, 6) is 0. The van der Waals surface area contributed by atoms with Crippen molar-refractivity contribution in [2.45, 2.75) is 6.54 Å². The minimum atomic E-state index is 0.691. The normalized spacial score (nSPS) is 10.2. The van der Waals surface area contributed by atoms with Crippen LogP contribution in [0.4, 0.5) is 5.69 Å². The highest BCUT2D eigenvalue weighted by Gasteiger charge is 1.97. The molecule has 0 aliphatic heterocycles. The third-order valence-electron chi connectivity index (χ3n) is 1.70. The number of nitrogens with two attached hydrogens (primary N) is 1. The second kappa shape index (κ2) is 5.50. The van der Waals surface area contributed by atoms with E-state index in [1.807, 2.05) is 12.1 Å². The van der Waals surface area contributed by atoms with Crippen LogP contribution in [0.25, 0.3) is 0 Å². The van der Waals surface area contributed by atoms with E-state index in [4.69, 9.17) is 10.5 Å². The smallest absolute Gasteiger partial charge is 0.0770 e. The Morgan fingerprint density at radius 2 is 2.46 bits per heavy atom. The van der Waals surface area contributed by atoms with Gasteiger partial charge >= 0.3 is 0 Å². The molecule has 0 bridgehead atoms. The molecule has 1 rings (SSSR count). The third kappa shape index (κ3) is 3.40. The van der Waals surface area contributed by atoms with Crippen LogP contribution in [-0.2, 0) is 11.3 Å². The predicted octanol–water partition coefficient (Wildman–Crippen LogP) is 0.400. The lowest BCUT2D eigenvalue weighted by molar-refractivity contribution is 0.199. The Balaban J connectivity index is 2.32. The van der Waals surface area contributed by atoms with Gasteiger partial charge in [0.2, 0.25) is 0 Å². The molecule has 1 heterocycles. The minimum absolute atomic E-state index is 0.691. The van der Waals surface area contributed by atoms with E-state index >= 15 is 0 Å². The highest BCUT2D eigenvalue weighted by atomic mass is 16.5. The van der Waals surface area contributed by atoms with Crippen LogP contribution in [0.1, 0.15) is 5.69 Å². The maximum atomic E-state index is 5.70. The third-order valence-corrected chi connectivity index (χ3v) is 1.70.